The van der Waals surface area contributed by atoms with Gasteiger partial charge in [0.25, 0.3) is 0 Å². The second-order valence-corrected chi connectivity index (χ2v) is 7.72. The summed E-state index contributed by atoms with van der Waals surface area (Å²) >= 11 is 17.1. The quantitative estimate of drug-likeness (QED) is 0.260. The Morgan fingerprint density at radius 1 is 1.00 bits per heavy atom. The predicted octanol–water partition coefficient (Wildman–Crippen LogP) is 3.56. The summed E-state index contributed by atoms with van der Waals surface area (Å²) in [5.74, 6) is -1.43. The maximum absolute atomic E-state index is 12.7. The third-order valence-electron chi connectivity index (χ3n) is 3.53. The first-order chi connectivity index (χ1) is 12.2. The molecule has 0 bridgehead atoms. The Morgan fingerprint density at radius 2 is 1.42 bits per heavy atom. The highest BCUT2D eigenvalue weighted by atomic mass is 35.6. The van der Waals surface area contributed by atoms with E-state index < -0.39 is 33.7 Å². The highest BCUT2D eigenvalue weighted by molar-refractivity contribution is 6.82. The van der Waals surface area contributed by atoms with Gasteiger partial charge in [-0.25, -0.2) is 4.79 Å². The zero-order valence-corrected chi connectivity index (χ0v) is 16.0. The molecule has 0 atom stereocenters. The van der Waals surface area contributed by atoms with E-state index in [1.165, 1.54) is 6.92 Å². The molecule has 0 radical (unpaired) electrons. The number of carbonyl (C=O) groups excluding carboxylic acids is 1. The summed E-state index contributed by atoms with van der Waals surface area (Å²) in [7, 11) is 0. The number of hydrogen-bond donors (Lipinski definition) is 2. The largest absolute Gasteiger partial charge is 0.522 e. The first kappa shape index (κ1) is 20.4. The molecule has 4 nitrogen and oxygen atoms in total. The monoisotopic (exact) mass is 409 g/mol. The Morgan fingerprint density at radius 3 is 1.77 bits per heavy atom. The molecule has 0 amide bonds. The van der Waals surface area contributed by atoms with Crippen LogP contribution in [0.25, 0.3) is 0 Å². The molecule has 0 aliphatic rings. The van der Waals surface area contributed by atoms with Crippen LogP contribution in [0.1, 0.15) is 6.92 Å². The third-order valence-corrected chi connectivity index (χ3v) is 4.10. The molecule has 0 saturated heterocycles. The van der Waals surface area contributed by atoms with Gasteiger partial charge >= 0.3 is 12.9 Å². The summed E-state index contributed by atoms with van der Waals surface area (Å²) < 4.78 is 3.42. The maximum Gasteiger partial charge on any atom is 0.429 e. The second-order valence-electron chi connectivity index (χ2n) is 5.44. The van der Waals surface area contributed by atoms with Crippen molar-refractivity contribution in [1.29, 1.82) is 5.41 Å². The topological polar surface area (TPSA) is 70.4 Å². The van der Waals surface area contributed by atoms with Gasteiger partial charge in [-0.3, -0.25) is 5.41 Å². The predicted molar refractivity (Wildman–Crippen MR) is 107 cm³/mol. The normalized spacial score (nSPS) is 12.2. The molecular formula is C18H15BCl3NO3. The van der Waals surface area contributed by atoms with Crippen LogP contribution >= 0.6 is 34.8 Å². The number of allylic oxidation sites excluding steroid dienone is 1. The number of carbonyl (C=O) groups is 1. The number of benzene rings is 2. The van der Waals surface area contributed by atoms with E-state index in [0.717, 1.165) is 10.9 Å². The molecule has 0 spiro atoms. The van der Waals surface area contributed by atoms with Gasteiger partial charge in [0.1, 0.15) is 17.0 Å². The zero-order valence-electron chi connectivity index (χ0n) is 13.7. The van der Waals surface area contributed by atoms with E-state index >= 15 is 0 Å². The van der Waals surface area contributed by atoms with Gasteiger partial charge in [-0.1, -0.05) is 95.5 Å². The highest BCUT2D eigenvalue weighted by Gasteiger charge is 2.37. The van der Waals surface area contributed by atoms with Crippen LogP contribution in [0.15, 0.2) is 72.0 Å². The molecule has 2 rings (SSSR count). The van der Waals surface area contributed by atoms with Crippen LogP contribution in [0.3, 0.4) is 0 Å². The number of aliphatic hydroxyl groups is 1. The fraction of sp³-hybridized carbons (Fsp3) is 0.111. The molecule has 2 aromatic rings. The van der Waals surface area contributed by atoms with Gasteiger partial charge in [0.2, 0.25) is 3.79 Å². The number of aliphatic hydroxyl groups excluding tert-OH is 1. The average Bonchev–Trinajstić information content (AvgIpc) is 2.60. The van der Waals surface area contributed by atoms with Crippen molar-refractivity contribution < 1.29 is 14.6 Å². The van der Waals surface area contributed by atoms with E-state index in [1.807, 2.05) is 36.4 Å². The standard InChI is InChI=1S/C18H15BCl3NO3/c1-12(24)15(16(23)18(20,21)22)17(25)26-19(13-8-4-2-5-9-13)14-10-6-3-7-11-14/h2-11,23-24H,1H3. The van der Waals surface area contributed by atoms with Crippen molar-refractivity contribution in [2.75, 3.05) is 0 Å². The van der Waals surface area contributed by atoms with Crippen molar-refractivity contribution in [2.45, 2.75) is 10.7 Å². The van der Waals surface area contributed by atoms with E-state index in [9.17, 15) is 9.90 Å². The molecule has 26 heavy (non-hydrogen) atoms. The molecule has 2 aromatic carbocycles. The minimum absolute atomic E-state index is 0.466. The maximum atomic E-state index is 12.7. The number of nitrogens with one attached hydrogen (secondary N) is 1. The van der Waals surface area contributed by atoms with Crippen molar-refractivity contribution in [1.82, 2.24) is 0 Å². The molecular weight excluding hydrogens is 395 g/mol. The van der Waals surface area contributed by atoms with Gasteiger partial charge in [0.05, 0.1) is 0 Å². The summed E-state index contributed by atoms with van der Waals surface area (Å²) in [5.41, 5.74) is 0.305. The fourth-order valence-electron chi connectivity index (χ4n) is 2.32. The second kappa shape index (κ2) is 8.63. The fourth-order valence-corrected chi connectivity index (χ4v) is 2.61. The Labute approximate surface area is 167 Å². The van der Waals surface area contributed by atoms with Crippen LogP contribution in [0.4, 0.5) is 0 Å². The van der Waals surface area contributed by atoms with Crippen LogP contribution in [0, 0.1) is 5.41 Å². The van der Waals surface area contributed by atoms with Gasteiger partial charge in [-0.15, -0.1) is 0 Å². The van der Waals surface area contributed by atoms with Crippen molar-refractivity contribution in [3.05, 3.63) is 72.0 Å². The van der Waals surface area contributed by atoms with E-state index in [4.69, 9.17) is 44.9 Å². The lowest BCUT2D eigenvalue weighted by Gasteiger charge is -2.19. The molecule has 0 heterocycles. The highest BCUT2D eigenvalue weighted by Crippen LogP contribution is 2.31. The summed E-state index contributed by atoms with van der Waals surface area (Å²) in [6.45, 7) is 0.476. The summed E-state index contributed by atoms with van der Waals surface area (Å²) in [6.07, 6.45) is 0. The molecule has 8 heteroatoms. The van der Waals surface area contributed by atoms with Gasteiger partial charge in [-0.05, 0) is 17.8 Å². The molecule has 0 saturated carbocycles. The van der Waals surface area contributed by atoms with Crippen LogP contribution in [0.2, 0.25) is 0 Å². The van der Waals surface area contributed by atoms with E-state index in [1.54, 1.807) is 24.3 Å². The number of rotatable bonds is 5. The Hall–Kier alpha value is -1.95. The molecule has 0 aromatic heterocycles. The first-order valence-electron chi connectivity index (χ1n) is 7.58. The SMILES string of the molecule is CC(O)=C(C(=N)C(Cl)(Cl)Cl)C(=O)OB(c1ccccc1)c1ccccc1. The lowest BCUT2D eigenvalue weighted by Crippen LogP contribution is -2.47. The molecule has 134 valence electrons. The van der Waals surface area contributed by atoms with Gasteiger partial charge in [-0.2, -0.15) is 0 Å². The van der Waals surface area contributed by atoms with E-state index in [0.29, 0.717) is 0 Å². The van der Waals surface area contributed by atoms with Gasteiger partial charge in [0, 0.05) is 0 Å². The lowest BCUT2D eigenvalue weighted by molar-refractivity contribution is -0.129. The minimum atomic E-state index is -2.17. The van der Waals surface area contributed by atoms with Crippen molar-refractivity contribution in [3.8, 4) is 0 Å². The summed E-state index contributed by atoms with van der Waals surface area (Å²) in [4.78, 5) is 12.7. The Balaban J connectivity index is 2.41. The number of halogens is 3. The van der Waals surface area contributed by atoms with Crippen LogP contribution < -0.4 is 10.9 Å². The summed E-state index contributed by atoms with van der Waals surface area (Å²) in [5, 5.41) is 17.7. The number of alkyl halides is 3. The molecule has 2 N–H and O–H groups in total. The third kappa shape index (κ3) is 5.04. The zero-order chi connectivity index (χ0) is 19.3. The van der Waals surface area contributed by atoms with Crippen LogP contribution in [0.5, 0.6) is 0 Å². The van der Waals surface area contributed by atoms with Crippen molar-refractivity contribution in [2.24, 2.45) is 0 Å². The van der Waals surface area contributed by atoms with Crippen molar-refractivity contribution in [3.63, 3.8) is 0 Å². The van der Waals surface area contributed by atoms with Crippen LogP contribution in [-0.4, -0.2) is 27.5 Å². The minimum Gasteiger partial charge on any atom is -0.522 e. The smallest absolute Gasteiger partial charge is 0.429 e. The van der Waals surface area contributed by atoms with Gasteiger partial charge in [0.15, 0.2) is 0 Å². The average molecular weight is 410 g/mol. The molecule has 0 aliphatic heterocycles. The number of hydrogen-bond acceptors (Lipinski definition) is 4. The van der Waals surface area contributed by atoms with E-state index in [-0.39, 0.29) is 0 Å². The first-order valence-corrected chi connectivity index (χ1v) is 8.72. The summed E-state index contributed by atoms with van der Waals surface area (Å²) in [6, 6.07) is 18.2. The molecule has 0 aliphatic carbocycles. The molecule has 0 fully saturated rings. The van der Waals surface area contributed by atoms with Crippen LogP contribution in [-0.2, 0) is 9.45 Å². The van der Waals surface area contributed by atoms with Crippen molar-refractivity contribution >= 4 is 64.3 Å². The Bertz CT molecular complexity index is 777. The Kier molecular flexibility index (Phi) is 6.76. The molecule has 0 unspecified atom stereocenters. The van der Waals surface area contributed by atoms with Gasteiger partial charge < -0.3 is 9.76 Å². The lowest BCUT2D eigenvalue weighted by atomic mass is 9.55. The van der Waals surface area contributed by atoms with E-state index in [2.05, 4.69) is 0 Å².